The Kier molecular flexibility index (Phi) is 2.71. The van der Waals surface area contributed by atoms with Crippen LogP contribution in [0.25, 0.3) is 5.69 Å². The molecule has 0 amide bonds. The van der Waals surface area contributed by atoms with Crippen LogP contribution in [0.15, 0.2) is 30.7 Å². The molecule has 0 aliphatic carbocycles. The number of rotatable bonds is 2. The van der Waals surface area contributed by atoms with Crippen LogP contribution in [-0.2, 0) is 5.54 Å². The number of aromatic nitrogens is 2. The predicted molar refractivity (Wildman–Crippen MR) is 60.7 cm³/mol. The fraction of sp³-hybridized carbons (Fsp3) is 0.250. The SMILES string of the molecule is CC(C)(N)c1cncn1-c1cc(F)cc(F)c1. The van der Waals surface area contributed by atoms with E-state index in [2.05, 4.69) is 4.98 Å². The number of benzene rings is 1. The van der Waals surface area contributed by atoms with Gasteiger partial charge in [-0.1, -0.05) is 0 Å². The standard InChI is InChI=1S/C12H13F2N3/c1-12(2,15)11-6-16-7-17(11)10-4-8(13)3-9(14)5-10/h3-7H,15H2,1-2H3. The maximum Gasteiger partial charge on any atom is 0.128 e. The van der Waals surface area contributed by atoms with E-state index in [0.29, 0.717) is 11.4 Å². The first kappa shape index (κ1) is 11.7. The van der Waals surface area contributed by atoms with E-state index in [0.717, 1.165) is 6.07 Å². The molecule has 0 fully saturated rings. The van der Waals surface area contributed by atoms with E-state index >= 15 is 0 Å². The number of nitrogens with two attached hydrogens (primary N) is 1. The van der Waals surface area contributed by atoms with Crippen molar-refractivity contribution in [2.45, 2.75) is 19.4 Å². The summed E-state index contributed by atoms with van der Waals surface area (Å²) in [6.07, 6.45) is 3.07. The van der Waals surface area contributed by atoms with Crippen LogP contribution in [-0.4, -0.2) is 9.55 Å². The second-order valence-electron chi connectivity index (χ2n) is 4.50. The fourth-order valence-corrected chi connectivity index (χ4v) is 1.66. The van der Waals surface area contributed by atoms with E-state index in [4.69, 9.17) is 5.73 Å². The largest absolute Gasteiger partial charge is 0.321 e. The molecule has 17 heavy (non-hydrogen) atoms. The number of hydrogen-bond donors (Lipinski definition) is 1. The van der Waals surface area contributed by atoms with Gasteiger partial charge in [-0.3, -0.25) is 0 Å². The number of halogens is 2. The normalized spacial score (nSPS) is 11.8. The molecule has 5 heteroatoms. The molecule has 1 aromatic carbocycles. The van der Waals surface area contributed by atoms with Crippen molar-refractivity contribution < 1.29 is 8.78 Å². The lowest BCUT2D eigenvalue weighted by Gasteiger charge is -2.20. The zero-order chi connectivity index (χ0) is 12.6. The van der Waals surface area contributed by atoms with Crippen molar-refractivity contribution in [2.24, 2.45) is 5.73 Å². The van der Waals surface area contributed by atoms with Gasteiger partial charge in [-0.25, -0.2) is 13.8 Å². The van der Waals surface area contributed by atoms with Gasteiger partial charge in [0.15, 0.2) is 0 Å². The molecular formula is C12H13F2N3. The Bertz CT molecular complexity index is 521. The highest BCUT2D eigenvalue weighted by Gasteiger charge is 2.20. The smallest absolute Gasteiger partial charge is 0.128 e. The molecular weight excluding hydrogens is 224 g/mol. The Morgan fingerprint density at radius 3 is 2.29 bits per heavy atom. The third kappa shape index (κ3) is 2.34. The molecule has 2 rings (SSSR count). The van der Waals surface area contributed by atoms with E-state index < -0.39 is 17.2 Å². The van der Waals surface area contributed by atoms with Gasteiger partial charge < -0.3 is 10.3 Å². The van der Waals surface area contributed by atoms with E-state index in [1.165, 1.54) is 18.5 Å². The van der Waals surface area contributed by atoms with Crippen LogP contribution in [0.2, 0.25) is 0 Å². The van der Waals surface area contributed by atoms with Crippen LogP contribution in [0, 0.1) is 11.6 Å². The van der Waals surface area contributed by atoms with Crippen molar-refractivity contribution in [3.8, 4) is 5.69 Å². The number of nitrogens with zero attached hydrogens (tertiary/aromatic N) is 2. The first-order valence-corrected chi connectivity index (χ1v) is 5.16. The van der Waals surface area contributed by atoms with Gasteiger partial charge in [-0.2, -0.15) is 0 Å². The summed E-state index contributed by atoms with van der Waals surface area (Å²) in [6.45, 7) is 3.60. The van der Waals surface area contributed by atoms with Gasteiger partial charge in [0.05, 0.1) is 29.4 Å². The molecule has 0 atom stereocenters. The second-order valence-corrected chi connectivity index (χ2v) is 4.50. The van der Waals surface area contributed by atoms with Crippen molar-refractivity contribution in [3.05, 3.63) is 48.1 Å². The zero-order valence-electron chi connectivity index (χ0n) is 9.61. The van der Waals surface area contributed by atoms with Crippen molar-refractivity contribution in [3.63, 3.8) is 0 Å². The molecule has 2 aromatic rings. The maximum atomic E-state index is 13.1. The molecule has 3 nitrogen and oxygen atoms in total. The molecule has 0 radical (unpaired) electrons. The summed E-state index contributed by atoms with van der Waals surface area (Å²) in [5.74, 6) is -1.26. The average molecular weight is 237 g/mol. The summed E-state index contributed by atoms with van der Waals surface area (Å²) in [7, 11) is 0. The van der Waals surface area contributed by atoms with Crippen LogP contribution >= 0.6 is 0 Å². The van der Waals surface area contributed by atoms with Crippen LogP contribution in [0.3, 0.4) is 0 Å². The quantitative estimate of drug-likeness (QED) is 0.871. The minimum atomic E-state index is -0.640. The highest BCUT2D eigenvalue weighted by atomic mass is 19.1. The van der Waals surface area contributed by atoms with E-state index in [1.807, 2.05) is 0 Å². The van der Waals surface area contributed by atoms with E-state index in [-0.39, 0.29) is 0 Å². The first-order valence-electron chi connectivity index (χ1n) is 5.16. The minimum Gasteiger partial charge on any atom is -0.321 e. The summed E-state index contributed by atoms with van der Waals surface area (Å²) >= 11 is 0. The molecule has 0 saturated carbocycles. The Morgan fingerprint density at radius 2 is 1.76 bits per heavy atom. The molecule has 0 bridgehead atoms. The van der Waals surface area contributed by atoms with Gasteiger partial charge in [0.2, 0.25) is 0 Å². The Labute approximate surface area is 97.9 Å². The van der Waals surface area contributed by atoms with Crippen molar-refractivity contribution in [2.75, 3.05) is 0 Å². The van der Waals surface area contributed by atoms with Crippen LogP contribution in [0.5, 0.6) is 0 Å². The zero-order valence-corrected chi connectivity index (χ0v) is 9.61. The maximum absolute atomic E-state index is 13.1. The molecule has 0 aliphatic rings. The molecule has 2 N–H and O–H groups in total. The lowest BCUT2D eigenvalue weighted by atomic mass is 10.0. The lowest BCUT2D eigenvalue weighted by Crippen LogP contribution is -2.31. The summed E-state index contributed by atoms with van der Waals surface area (Å²) < 4.78 is 27.9. The third-order valence-electron chi connectivity index (χ3n) is 2.42. The summed E-state index contributed by atoms with van der Waals surface area (Å²) in [5, 5.41) is 0. The third-order valence-corrected chi connectivity index (χ3v) is 2.42. The first-order chi connectivity index (χ1) is 7.88. The van der Waals surface area contributed by atoms with Crippen molar-refractivity contribution in [1.82, 2.24) is 9.55 Å². The monoisotopic (exact) mass is 237 g/mol. The van der Waals surface area contributed by atoms with E-state index in [9.17, 15) is 8.78 Å². The van der Waals surface area contributed by atoms with Gasteiger partial charge in [0.25, 0.3) is 0 Å². The van der Waals surface area contributed by atoms with Crippen LogP contribution < -0.4 is 5.73 Å². The number of hydrogen-bond acceptors (Lipinski definition) is 2. The van der Waals surface area contributed by atoms with Crippen LogP contribution in [0.1, 0.15) is 19.5 Å². The van der Waals surface area contributed by atoms with E-state index in [1.54, 1.807) is 24.6 Å². The van der Waals surface area contributed by atoms with Crippen LogP contribution in [0.4, 0.5) is 8.78 Å². The fourth-order valence-electron chi connectivity index (χ4n) is 1.66. The Balaban J connectivity index is 2.57. The van der Waals surface area contributed by atoms with Gasteiger partial charge in [0, 0.05) is 6.07 Å². The van der Waals surface area contributed by atoms with Gasteiger partial charge in [-0.15, -0.1) is 0 Å². The lowest BCUT2D eigenvalue weighted by molar-refractivity contribution is 0.522. The minimum absolute atomic E-state index is 0.369. The molecule has 0 unspecified atom stereocenters. The summed E-state index contributed by atoms with van der Waals surface area (Å²) in [4.78, 5) is 3.96. The number of imidazole rings is 1. The summed E-state index contributed by atoms with van der Waals surface area (Å²) in [6, 6.07) is 3.30. The van der Waals surface area contributed by atoms with Gasteiger partial charge in [0.1, 0.15) is 11.6 Å². The molecule has 1 heterocycles. The highest BCUT2D eigenvalue weighted by Crippen LogP contribution is 2.21. The van der Waals surface area contributed by atoms with Gasteiger partial charge in [-0.05, 0) is 26.0 Å². The molecule has 0 spiro atoms. The highest BCUT2D eigenvalue weighted by molar-refractivity contribution is 5.36. The molecule has 0 aliphatic heterocycles. The van der Waals surface area contributed by atoms with Crippen molar-refractivity contribution >= 4 is 0 Å². The van der Waals surface area contributed by atoms with Crippen molar-refractivity contribution in [1.29, 1.82) is 0 Å². The molecule has 90 valence electrons. The second kappa shape index (κ2) is 3.92. The van der Waals surface area contributed by atoms with Gasteiger partial charge >= 0.3 is 0 Å². The molecule has 0 saturated heterocycles. The Morgan fingerprint density at radius 1 is 1.18 bits per heavy atom. The average Bonchev–Trinajstić information content (AvgIpc) is 2.63. The topological polar surface area (TPSA) is 43.8 Å². The predicted octanol–water partition coefficient (Wildman–Crippen LogP) is 2.34. The Hall–Kier alpha value is -1.75. The summed E-state index contributed by atoms with van der Waals surface area (Å²) in [5.41, 5.74) is 6.38. The molecule has 1 aromatic heterocycles.